The number of nitrogens with zero attached hydrogens (tertiary/aromatic N) is 5. The van der Waals surface area contributed by atoms with E-state index in [2.05, 4.69) is 43.1 Å². The minimum absolute atomic E-state index is 0.194. The molecule has 1 N–H and O–H groups in total. The molecule has 3 aromatic rings. The first-order valence-electron chi connectivity index (χ1n) is 10.5. The van der Waals surface area contributed by atoms with Crippen molar-refractivity contribution in [2.24, 2.45) is 0 Å². The Kier molecular flexibility index (Phi) is 6.33. The second-order valence-corrected chi connectivity index (χ2v) is 8.87. The van der Waals surface area contributed by atoms with Crippen LogP contribution < -0.4 is 10.2 Å². The molecule has 1 unspecified atom stereocenters. The number of nitrogens with one attached hydrogen (secondary N) is 1. The van der Waals surface area contributed by atoms with Crippen LogP contribution in [0.1, 0.15) is 28.0 Å². The van der Waals surface area contributed by atoms with Gasteiger partial charge in [0.1, 0.15) is 27.2 Å². The number of rotatable bonds is 6. The van der Waals surface area contributed by atoms with Crippen LogP contribution in [0.3, 0.4) is 0 Å². The largest absolute Gasteiger partial charge is 0.465 e. The van der Waals surface area contributed by atoms with E-state index in [0.29, 0.717) is 10.7 Å². The lowest BCUT2D eigenvalue weighted by molar-refractivity contribution is 0.0605. The van der Waals surface area contributed by atoms with Gasteiger partial charge in [-0.3, -0.25) is 4.90 Å². The van der Waals surface area contributed by atoms with Crippen molar-refractivity contribution in [1.29, 1.82) is 0 Å². The number of ether oxygens (including phenoxy) is 1. The van der Waals surface area contributed by atoms with Gasteiger partial charge in [0.2, 0.25) is 0 Å². The minimum Gasteiger partial charge on any atom is -0.465 e. The Morgan fingerprint density at radius 3 is 2.68 bits per heavy atom. The molecule has 1 aliphatic rings. The van der Waals surface area contributed by atoms with Gasteiger partial charge in [0.15, 0.2) is 0 Å². The van der Waals surface area contributed by atoms with Crippen LogP contribution in [0.5, 0.6) is 0 Å². The van der Waals surface area contributed by atoms with Crippen LogP contribution >= 0.6 is 11.3 Å². The molecule has 0 aliphatic carbocycles. The van der Waals surface area contributed by atoms with E-state index in [-0.39, 0.29) is 12.0 Å². The second kappa shape index (κ2) is 9.15. The Labute approximate surface area is 186 Å². The third kappa shape index (κ3) is 4.62. The molecule has 4 rings (SSSR count). The van der Waals surface area contributed by atoms with Crippen LogP contribution in [-0.2, 0) is 4.74 Å². The van der Waals surface area contributed by atoms with E-state index < -0.39 is 0 Å². The Morgan fingerprint density at radius 2 is 2.00 bits per heavy atom. The molecule has 0 amide bonds. The number of pyridine rings is 1. The molecule has 1 fully saturated rings. The fourth-order valence-electron chi connectivity index (χ4n) is 4.00. The lowest BCUT2D eigenvalue weighted by Gasteiger charge is -2.36. The molecule has 164 valence electrons. The number of carbonyl (C=O) groups is 1. The van der Waals surface area contributed by atoms with Crippen LogP contribution in [0.2, 0.25) is 0 Å². The molecule has 0 bridgehead atoms. The number of fused-ring (bicyclic) bond motifs is 1. The summed E-state index contributed by atoms with van der Waals surface area (Å²) in [6.45, 7) is 10.8. The third-order valence-corrected chi connectivity index (χ3v) is 6.70. The van der Waals surface area contributed by atoms with E-state index in [1.807, 2.05) is 32.2 Å². The molecule has 31 heavy (non-hydrogen) atoms. The maximum absolute atomic E-state index is 12.1. The molecular weight excluding hydrogens is 412 g/mol. The van der Waals surface area contributed by atoms with Crippen molar-refractivity contribution in [2.75, 3.05) is 50.1 Å². The van der Waals surface area contributed by atoms with Gasteiger partial charge in [0, 0.05) is 45.0 Å². The van der Waals surface area contributed by atoms with Gasteiger partial charge in [-0.05, 0) is 38.5 Å². The van der Waals surface area contributed by atoms with Gasteiger partial charge in [0.25, 0.3) is 0 Å². The number of methoxy groups -OCH3 is 1. The Bertz CT molecular complexity index is 1060. The van der Waals surface area contributed by atoms with Gasteiger partial charge in [-0.25, -0.2) is 19.7 Å². The molecule has 0 saturated carbocycles. The normalized spacial score (nSPS) is 15.8. The monoisotopic (exact) mass is 440 g/mol. The first-order valence-corrected chi connectivity index (χ1v) is 11.3. The fraction of sp³-hybridized carbons (Fsp3) is 0.455. The summed E-state index contributed by atoms with van der Waals surface area (Å²) in [6, 6.07) is 6.24. The van der Waals surface area contributed by atoms with E-state index in [9.17, 15) is 4.79 Å². The van der Waals surface area contributed by atoms with E-state index in [1.54, 1.807) is 0 Å². The van der Waals surface area contributed by atoms with Gasteiger partial charge >= 0.3 is 5.97 Å². The van der Waals surface area contributed by atoms with Crippen molar-refractivity contribution in [1.82, 2.24) is 19.9 Å². The maximum Gasteiger partial charge on any atom is 0.348 e. The number of hydrogen-bond acceptors (Lipinski definition) is 9. The molecular formula is C22H28N6O2S. The summed E-state index contributed by atoms with van der Waals surface area (Å²) in [7, 11) is 1.40. The zero-order valence-electron chi connectivity index (χ0n) is 18.4. The SMILES string of the molecule is COC(=O)c1sc2nc(C)nc(NC(C)CN3CCN(c4ccccn4)CC3)c2c1C. The van der Waals surface area contributed by atoms with Gasteiger partial charge in [-0.2, -0.15) is 0 Å². The van der Waals surface area contributed by atoms with Crippen LogP contribution in [0, 0.1) is 13.8 Å². The highest BCUT2D eigenvalue weighted by Crippen LogP contribution is 2.34. The lowest BCUT2D eigenvalue weighted by Crippen LogP contribution is -2.49. The molecule has 8 nitrogen and oxygen atoms in total. The summed E-state index contributed by atoms with van der Waals surface area (Å²) in [5, 5.41) is 4.47. The number of aromatic nitrogens is 3. The number of anilines is 2. The topological polar surface area (TPSA) is 83.5 Å². The Morgan fingerprint density at radius 1 is 1.23 bits per heavy atom. The van der Waals surface area contributed by atoms with Gasteiger partial charge in [0.05, 0.1) is 12.5 Å². The smallest absolute Gasteiger partial charge is 0.348 e. The number of hydrogen-bond donors (Lipinski definition) is 1. The van der Waals surface area contributed by atoms with Gasteiger partial charge in [-0.1, -0.05) is 6.07 Å². The van der Waals surface area contributed by atoms with E-state index in [4.69, 9.17) is 4.74 Å². The fourth-order valence-corrected chi connectivity index (χ4v) is 5.15. The highest BCUT2D eigenvalue weighted by molar-refractivity contribution is 7.20. The quantitative estimate of drug-likeness (QED) is 0.586. The van der Waals surface area contributed by atoms with Gasteiger partial charge in [-0.15, -0.1) is 11.3 Å². The predicted molar refractivity (Wildman–Crippen MR) is 124 cm³/mol. The summed E-state index contributed by atoms with van der Waals surface area (Å²) in [4.78, 5) is 31.9. The second-order valence-electron chi connectivity index (χ2n) is 7.87. The van der Waals surface area contributed by atoms with E-state index in [0.717, 1.165) is 60.1 Å². The number of carbonyl (C=O) groups excluding carboxylic acids is 1. The molecule has 4 heterocycles. The first-order chi connectivity index (χ1) is 15.0. The van der Waals surface area contributed by atoms with Crippen LogP contribution in [-0.4, -0.2) is 71.7 Å². The summed E-state index contributed by atoms with van der Waals surface area (Å²) in [5.41, 5.74) is 0.866. The molecule has 3 aromatic heterocycles. The predicted octanol–water partition coefficient (Wildman–Crippen LogP) is 3.11. The van der Waals surface area contributed by atoms with Crippen molar-refractivity contribution in [2.45, 2.75) is 26.8 Å². The zero-order valence-corrected chi connectivity index (χ0v) is 19.2. The molecule has 1 atom stereocenters. The van der Waals surface area contributed by atoms with Crippen LogP contribution in [0.4, 0.5) is 11.6 Å². The summed E-state index contributed by atoms with van der Waals surface area (Å²) >= 11 is 1.36. The van der Waals surface area contributed by atoms with Crippen molar-refractivity contribution < 1.29 is 9.53 Å². The lowest BCUT2D eigenvalue weighted by atomic mass is 10.2. The minimum atomic E-state index is -0.331. The molecule has 9 heteroatoms. The molecule has 0 aromatic carbocycles. The summed E-state index contributed by atoms with van der Waals surface area (Å²) < 4.78 is 4.93. The van der Waals surface area contributed by atoms with E-state index >= 15 is 0 Å². The number of thiophene rings is 1. The maximum atomic E-state index is 12.1. The molecule has 1 saturated heterocycles. The average molecular weight is 441 g/mol. The number of aryl methyl sites for hydroxylation is 2. The third-order valence-electron chi connectivity index (χ3n) is 5.53. The Balaban J connectivity index is 1.43. The van der Waals surface area contributed by atoms with Crippen molar-refractivity contribution in [3.8, 4) is 0 Å². The average Bonchev–Trinajstić information content (AvgIpc) is 3.10. The zero-order chi connectivity index (χ0) is 22.0. The Hall–Kier alpha value is -2.78. The highest BCUT2D eigenvalue weighted by Gasteiger charge is 2.23. The molecule has 0 spiro atoms. The molecule has 1 aliphatic heterocycles. The standard InChI is InChI=1S/C22H28N6O2S/c1-14(13-27-9-11-28(12-10-27)17-7-5-6-8-23-17)24-20-18-15(2)19(22(29)30-4)31-21(18)26-16(3)25-20/h5-8,14H,9-13H2,1-4H3,(H,24,25,26). The van der Waals surface area contributed by atoms with Crippen molar-refractivity contribution in [3.63, 3.8) is 0 Å². The van der Waals surface area contributed by atoms with E-state index in [1.165, 1.54) is 18.4 Å². The van der Waals surface area contributed by atoms with Crippen molar-refractivity contribution in [3.05, 3.63) is 40.7 Å². The number of piperazine rings is 1. The summed E-state index contributed by atoms with van der Waals surface area (Å²) in [5.74, 6) is 2.18. The number of esters is 1. The van der Waals surface area contributed by atoms with Gasteiger partial charge < -0.3 is 15.0 Å². The summed E-state index contributed by atoms with van der Waals surface area (Å²) in [6.07, 6.45) is 1.84. The van der Waals surface area contributed by atoms with Crippen LogP contribution in [0.25, 0.3) is 10.2 Å². The van der Waals surface area contributed by atoms with Crippen LogP contribution in [0.15, 0.2) is 24.4 Å². The highest BCUT2D eigenvalue weighted by atomic mass is 32.1. The van der Waals surface area contributed by atoms with Crippen molar-refractivity contribution >= 4 is 39.2 Å². The molecule has 0 radical (unpaired) electrons. The first kappa shape index (κ1) is 21.5.